The lowest BCUT2D eigenvalue weighted by Crippen LogP contribution is -3.00. The highest BCUT2D eigenvalue weighted by Crippen LogP contribution is 2.14. The van der Waals surface area contributed by atoms with Crippen LogP contribution in [0.2, 0.25) is 0 Å². The molecule has 0 fully saturated rings. The Morgan fingerprint density at radius 3 is 1.50 bits per heavy atom. The van der Waals surface area contributed by atoms with E-state index in [1.54, 1.807) is 0 Å². The average Bonchev–Trinajstić information content (AvgIpc) is 2.73. The Balaban J connectivity index is 0. The van der Waals surface area contributed by atoms with E-state index in [2.05, 4.69) is 27.5 Å². The highest BCUT2D eigenvalue weighted by atomic mass is 79.9. The molecule has 30 heavy (non-hydrogen) atoms. The molecule has 1 atom stereocenters. The number of quaternary nitrogens is 1. The van der Waals surface area contributed by atoms with E-state index in [0.717, 1.165) is 17.6 Å². The topological polar surface area (TPSA) is 26.3 Å². The van der Waals surface area contributed by atoms with Gasteiger partial charge in [-0.15, -0.1) is 0 Å². The number of carbonyl (C=O) groups excluding carboxylic acids is 1. The summed E-state index contributed by atoms with van der Waals surface area (Å²) in [6, 6.07) is 0. The molecule has 3 nitrogen and oxygen atoms in total. The lowest BCUT2D eigenvalue weighted by Gasteiger charge is -2.33. The number of carbonyl (C=O) groups is 1. The molecule has 0 rings (SSSR count). The molecule has 180 valence electrons. The van der Waals surface area contributed by atoms with E-state index in [4.69, 9.17) is 4.74 Å². The molecular weight excluding hydrogens is 438 g/mol. The molecule has 0 aliphatic rings. The molecule has 0 heterocycles. The maximum atomic E-state index is 11.2. The lowest BCUT2D eigenvalue weighted by atomic mass is 10.0. The first kappa shape index (κ1) is 31.8. The van der Waals surface area contributed by atoms with Gasteiger partial charge >= 0.3 is 5.97 Å². The van der Waals surface area contributed by atoms with Crippen molar-refractivity contribution in [1.29, 1.82) is 0 Å². The van der Waals surface area contributed by atoms with Crippen LogP contribution in [0.15, 0.2) is 12.7 Å². The summed E-state index contributed by atoms with van der Waals surface area (Å²) < 4.78 is 6.14. The Hall–Kier alpha value is -0.350. The zero-order chi connectivity index (χ0) is 21.6. The number of esters is 1. The van der Waals surface area contributed by atoms with E-state index < -0.39 is 0 Å². The fraction of sp³-hybridized carbons (Fsp3) is 0.885. The summed E-state index contributed by atoms with van der Waals surface area (Å²) in [7, 11) is 2.27. The number of likely N-dealkylation sites (N-methyl/N-ethyl adjacent to an activating group) is 1. The van der Waals surface area contributed by atoms with Crippen LogP contribution in [-0.4, -0.2) is 43.7 Å². The Kier molecular flexibility index (Phi) is 24.7. The SMILES string of the molecule is C=CC(=O)OCC[N+](C)(CC)CCCCCCCCCCCCCCCCCC.[Br-]. The van der Waals surface area contributed by atoms with E-state index in [-0.39, 0.29) is 23.0 Å². The summed E-state index contributed by atoms with van der Waals surface area (Å²) in [5.74, 6) is -0.310. The quantitative estimate of drug-likeness (QED) is 0.0971. The van der Waals surface area contributed by atoms with Crippen LogP contribution in [0, 0.1) is 0 Å². The molecule has 0 aromatic carbocycles. The standard InChI is InChI=1S/C26H52NO2.BrH/c1-5-8-9-10-11-12-13-14-15-16-17-18-19-20-21-22-23-27(4,7-3)24-25-29-26(28)6-2;/h6H,2,5,7-25H2,1,3-4H3;1H/q+1;/p-1. The van der Waals surface area contributed by atoms with E-state index in [1.807, 2.05) is 0 Å². The Bertz CT molecular complexity index is 389. The normalized spacial score (nSPS) is 12.8. The minimum atomic E-state index is -0.310. The van der Waals surface area contributed by atoms with Gasteiger partial charge in [0.05, 0.1) is 20.1 Å². The van der Waals surface area contributed by atoms with Gasteiger partial charge in [-0.3, -0.25) is 0 Å². The van der Waals surface area contributed by atoms with E-state index in [0.29, 0.717) is 6.61 Å². The van der Waals surface area contributed by atoms with Gasteiger partial charge < -0.3 is 26.2 Å². The van der Waals surface area contributed by atoms with E-state index in [9.17, 15) is 4.79 Å². The van der Waals surface area contributed by atoms with E-state index in [1.165, 1.54) is 115 Å². The second-order valence-corrected chi connectivity index (χ2v) is 9.06. The third-order valence-corrected chi connectivity index (χ3v) is 6.36. The molecule has 4 heteroatoms. The molecule has 0 amide bonds. The van der Waals surface area contributed by atoms with E-state index >= 15 is 0 Å². The van der Waals surface area contributed by atoms with Crippen molar-refractivity contribution in [2.45, 2.75) is 117 Å². The summed E-state index contributed by atoms with van der Waals surface area (Å²) in [6.07, 6.45) is 23.8. The molecule has 0 N–H and O–H groups in total. The molecular formula is C26H52BrNO2. The largest absolute Gasteiger partial charge is 1.00 e. The molecule has 0 aliphatic heterocycles. The number of hydrogen-bond donors (Lipinski definition) is 0. The maximum Gasteiger partial charge on any atom is 0.330 e. The van der Waals surface area contributed by atoms with Crippen molar-refractivity contribution in [3.05, 3.63) is 12.7 Å². The van der Waals surface area contributed by atoms with Gasteiger partial charge in [0.2, 0.25) is 0 Å². The molecule has 0 radical (unpaired) electrons. The molecule has 0 bridgehead atoms. The number of halogens is 1. The second kappa shape index (κ2) is 23.3. The predicted octanol–water partition coefficient (Wildman–Crippen LogP) is 4.45. The molecule has 0 saturated heterocycles. The van der Waals surface area contributed by atoms with Crippen LogP contribution in [0.4, 0.5) is 0 Å². The third kappa shape index (κ3) is 20.9. The maximum absolute atomic E-state index is 11.2. The van der Waals surface area contributed by atoms with Crippen molar-refractivity contribution in [1.82, 2.24) is 0 Å². The van der Waals surface area contributed by atoms with Crippen LogP contribution in [0.1, 0.15) is 117 Å². The number of ether oxygens (including phenoxy) is 1. The highest BCUT2D eigenvalue weighted by Gasteiger charge is 2.18. The van der Waals surface area contributed by atoms with Crippen LogP contribution in [0.25, 0.3) is 0 Å². The minimum Gasteiger partial charge on any atom is -1.00 e. The Morgan fingerprint density at radius 2 is 1.13 bits per heavy atom. The van der Waals surface area contributed by atoms with Crippen LogP contribution in [-0.2, 0) is 9.53 Å². The average molecular weight is 491 g/mol. The van der Waals surface area contributed by atoms with Gasteiger partial charge in [0, 0.05) is 6.08 Å². The lowest BCUT2D eigenvalue weighted by molar-refractivity contribution is -0.908. The van der Waals surface area contributed by atoms with Crippen molar-refractivity contribution in [3.63, 3.8) is 0 Å². The van der Waals surface area contributed by atoms with Crippen LogP contribution in [0.3, 0.4) is 0 Å². The summed E-state index contributed by atoms with van der Waals surface area (Å²) >= 11 is 0. The van der Waals surface area contributed by atoms with Crippen molar-refractivity contribution in [2.75, 3.05) is 33.3 Å². The first-order valence-corrected chi connectivity index (χ1v) is 12.7. The number of nitrogens with zero attached hydrogens (tertiary/aromatic N) is 1. The first-order valence-electron chi connectivity index (χ1n) is 12.7. The van der Waals surface area contributed by atoms with Crippen molar-refractivity contribution in [3.8, 4) is 0 Å². The molecule has 0 spiro atoms. The zero-order valence-electron chi connectivity index (χ0n) is 20.6. The van der Waals surface area contributed by atoms with Gasteiger partial charge in [0.1, 0.15) is 13.2 Å². The first-order chi connectivity index (χ1) is 14.1. The van der Waals surface area contributed by atoms with Gasteiger partial charge in [0.25, 0.3) is 0 Å². The van der Waals surface area contributed by atoms with Crippen molar-refractivity contribution in [2.24, 2.45) is 0 Å². The smallest absolute Gasteiger partial charge is 0.330 e. The highest BCUT2D eigenvalue weighted by molar-refractivity contribution is 5.81. The van der Waals surface area contributed by atoms with Crippen molar-refractivity contribution >= 4 is 5.97 Å². The molecule has 1 unspecified atom stereocenters. The van der Waals surface area contributed by atoms with Crippen LogP contribution in [0.5, 0.6) is 0 Å². The summed E-state index contributed by atoms with van der Waals surface area (Å²) in [6.45, 7) is 11.6. The minimum absolute atomic E-state index is 0. The molecule has 0 saturated carbocycles. The summed E-state index contributed by atoms with van der Waals surface area (Å²) in [5, 5.41) is 0. The Labute approximate surface area is 199 Å². The number of hydrogen-bond acceptors (Lipinski definition) is 2. The fourth-order valence-electron chi connectivity index (χ4n) is 3.90. The van der Waals surface area contributed by atoms with Gasteiger partial charge in [-0.05, 0) is 19.8 Å². The van der Waals surface area contributed by atoms with Gasteiger partial charge in [-0.1, -0.05) is 103 Å². The Morgan fingerprint density at radius 1 is 0.733 bits per heavy atom. The molecule has 0 aromatic rings. The fourth-order valence-corrected chi connectivity index (χ4v) is 3.90. The van der Waals surface area contributed by atoms with Crippen molar-refractivity contribution < 1.29 is 31.0 Å². The third-order valence-electron chi connectivity index (χ3n) is 6.36. The van der Waals surface area contributed by atoms with Gasteiger partial charge in [-0.25, -0.2) is 4.79 Å². The predicted molar refractivity (Wildman–Crippen MR) is 127 cm³/mol. The number of rotatable bonds is 22. The zero-order valence-corrected chi connectivity index (χ0v) is 22.2. The van der Waals surface area contributed by atoms with Gasteiger partial charge in [-0.2, -0.15) is 0 Å². The summed E-state index contributed by atoms with van der Waals surface area (Å²) in [5.41, 5.74) is 0. The summed E-state index contributed by atoms with van der Waals surface area (Å²) in [4.78, 5) is 11.2. The number of unbranched alkanes of at least 4 members (excludes halogenated alkanes) is 15. The second-order valence-electron chi connectivity index (χ2n) is 9.06. The molecule has 0 aromatic heterocycles. The van der Waals surface area contributed by atoms with Crippen LogP contribution >= 0.6 is 0 Å². The van der Waals surface area contributed by atoms with Gasteiger partial charge in [0.15, 0.2) is 0 Å². The monoisotopic (exact) mass is 489 g/mol. The van der Waals surface area contributed by atoms with Crippen LogP contribution < -0.4 is 17.0 Å². The molecule has 0 aliphatic carbocycles.